The van der Waals surface area contributed by atoms with Gasteiger partial charge in [0.25, 0.3) is 11.8 Å². The summed E-state index contributed by atoms with van der Waals surface area (Å²) in [6, 6.07) is 28.5. The molecule has 0 spiro atoms. The van der Waals surface area contributed by atoms with E-state index >= 15 is 0 Å². The van der Waals surface area contributed by atoms with Crippen molar-refractivity contribution >= 4 is 28.8 Å². The summed E-state index contributed by atoms with van der Waals surface area (Å²) < 4.78 is 15.1. The largest absolute Gasteiger partial charge is 0.343 e. The number of carbonyl (C=O) groups is 2. The number of rotatable bonds is 7. The Morgan fingerprint density at radius 3 is 2.43 bits per heavy atom. The minimum absolute atomic E-state index is 0.243. The number of hydrazone groups is 1. The highest BCUT2D eigenvalue weighted by atomic mass is 19.1. The van der Waals surface area contributed by atoms with Crippen LogP contribution in [0.15, 0.2) is 108 Å². The number of benzene rings is 4. The Kier molecular flexibility index (Phi) is 6.80. The van der Waals surface area contributed by atoms with Gasteiger partial charge in [-0.1, -0.05) is 54.6 Å². The molecule has 37 heavy (non-hydrogen) atoms. The van der Waals surface area contributed by atoms with Crippen molar-refractivity contribution in [1.29, 1.82) is 0 Å². The van der Waals surface area contributed by atoms with Gasteiger partial charge in [0.1, 0.15) is 11.5 Å². The second kappa shape index (κ2) is 10.7. The summed E-state index contributed by atoms with van der Waals surface area (Å²) in [4.78, 5) is 25.0. The molecule has 5 aromatic rings. The molecule has 0 aliphatic heterocycles. The maximum atomic E-state index is 13.4. The van der Waals surface area contributed by atoms with Gasteiger partial charge in [0.2, 0.25) is 0 Å². The summed E-state index contributed by atoms with van der Waals surface area (Å²) in [6.45, 7) is -0.243. The van der Waals surface area contributed by atoms with E-state index in [2.05, 4.69) is 20.9 Å². The molecule has 0 fully saturated rings. The summed E-state index contributed by atoms with van der Waals surface area (Å²) in [5, 5.41) is 13.1. The Morgan fingerprint density at radius 2 is 1.62 bits per heavy atom. The maximum absolute atomic E-state index is 13.4. The average molecular weight is 492 g/mol. The third-order valence-corrected chi connectivity index (χ3v) is 5.72. The van der Waals surface area contributed by atoms with Crippen LogP contribution in [0.5, 0.6) is 0 Å². The molecule has 1 aromatic heterocycles. The van der Waals surface area contributed by atoms with Crippen LogP contribution < -0.4 is 10.7 Å². The van der Waals surface area contributed by atoms with E-state index in [-0.39, 0.29) is 18.3 Å². The second-order valence-corrected chi connectivity index (χ2v) is 8.22. The number of nitrogens with zero attached hydrogens (tertiary/aromatic N) is 3. The fraction of sp³-hybridized carbons (Fsp3) is 0.0345. The van der Waals surface area contributed by atoms with Gasteiger partial charge in [-0.3, -0.25) is 9.59 Å². The molecule has 0 unspecified atom stereocenters. The van der Waals surface area contributed by atoms with E-state index in [1.165, 1.54) is 18.3 Å². The second-order valence-electron chi connectivity index (χ2n) is 8.22. The molecule has 0 aliphatic rings. The molecule has 8 heteroatoms. The number of fused-ring (bicyclic) bond motifs is 1. The predicted octanol–water partition coefficient (Wildman–Crippen LogP) is 4.71. The Bertz CT molecular complexity index is 1590. The lowest BCUT2D eigenvalue weighted by Gasteiger charge is -2.07. The van der Waals surface area contributed by atoms with E-state index in [1.807, 2.05) is 60.7 Å². The quantitative estimate of drug-likeness (QED) is 0.255. The van der Waals surface area contributed by atoms with Crippen LogP contribution in [0, 0.1) is 5.82 Å². The van der Waals surface area contributed by atoms with Crippen LogP contribution in [0.2, 0.25) is 0 Å². The number of aromatic nitrogens is 2. The maximum Gasteiger partial charge on any atom is 0.259 e. The van der Waals surface area contributed by atoms with E-state index in [0.29, 0.717) is 22.4 Å². The third-order valence-electron chi connectivity index (χ3n) is 5.72. The van der Waals surface area contributed by atoms with Crippen molar-refractivity contribution in [1.82, 2.24) is 20.5 Å². The van der Waals surface area contributed by atoms with Gasteiger partial charge in [-0.15, -0.1) is 0 Å². The minimum Gasteiger partial charge on any atom is -0.343 e. The molecular formula is C29H22FN5O2. The van der Waals surface area contributed by atoms with Crippen LogP contribution in [0.3, 0.4) is 0 Å². The average Bonchev–Trinajstić information content (AvgIpc) is 3.36. The highest BCUT2D eigenvalue weighted by molar-refractivity contribution is 6.07. The summed E-state index contributed by atoms with van der Waals surface area (Å²) in [7, 11) is 0. The van der Waals surface area contributed by atoms with Crippen molar-refractivity contribution < 1.29 is 14.0 Å². The van der Waals surface area contributed by atoms with Crippen molar-refractivity contribution in [3.63, 3.8) is 0 Å². The van der Waals surface area contributed by atoms with Gasteiger partial charge in [0.05, 0.1) is 18.4 Å². The number of amides is 2. The first-order chi connectivity index (χ1) is 18.1. The van der Waals surface area contributed by atoms with Crippen molar-refractivity contribution in [3.8, 4) is 16.9 Å². The Morgan fingerprint density at radius 1 is 0.892 bits per heavy atom. The summed E-state index contributed by atoms with van der Waals surface area (Å²) in [6.07, 6.45) is 3.24. The number of carbonyl (C=O) groups excluding carboxylic acids is 2. The van der Waals surface area contributed by atoms with Crippen molar-refractivity contribution in [2.24, 2.45) is 5.10 Å². The molecule has 0 atom stereocenters. The standard InChI is InChI=1S/C29H22FN5O2/c30-23-15-13-21(14-16-23)28-22(19-35(34-28)24-9-2-1-3-10-24)17-32-33-27(36)18-31-29(37)26-12-6-8-20-7-4-5-11-25(20)26/h1-17,19H,18H2,(H,31,37)(H,33,36)/b32-17-. The SMILES string of the molecule is O=C(CNC(=O)c1cccc2ccccc12)N/N=C\c1cn(-c2ccccc2)nc1-c1ccc(F)cc1. The van der Waals surface area contributed by atoms with E-state index in [0.717, 1.165) is 16.5 Å². The van der Waals surface area contributed by atoms with Crippen molar-refractivity contribution in [3.05, 3.63) is 120 Å². The monoisotopic (exact) mass is 491 g/mol. The van der Waals surface area contributed by atoms with Gasteiger partial charge >= 0.3 is 0 Å². The molecule has 0 bridgehead atoms. The zero-order chi connectivity index (χ0) is 25.6. The van der Waals surface area contributed by atoms with E-state index < -0.39 is 5.91 Å². The van der Waals surface area contributed by atoms with Gasteiger partial charge in [-0.25, -0.2) is 14.5 Å². The first kappa shape index (κ1) is 23.6. The zero-order valence-electron chi connectivity index (χ0n) is 19.6. The Labute approximate surface area is 212 Å². The van der Waals surface area contributed by atoms with Crippen LogP contribution in [0.1, 0.15) is 15.9 Å². The number of nitrogens with one attached hydrogen (secondary N) is 2. The van der Waals surface area contributed by atoms with Gasteiger partial charge in [0, 0.05) is 22.9 Å². The fourth-order valence-electron chi connectivity index (χ4n) is 3.92. The smallest absolute Gasteiger partial charge is 0.259 e. The molecule has 2 N–H and O–H groups in total. The predicted molar refractivity (Wildman–Crippen MR) is 141 cm³/mol. The third kappa shape index (κ3) is 5.43. The highest BCUT2D eigenvalue weighted by Gasteiger charge is 2.13. The Hall–Kier alpha value is -5.11. The van der Waals surface area contributed by atoms with E-state index in [4.69, 9.17) is 0 Å². The number of para-hydroxylation sites is 1. The Balaban J connectivity index is 1.28. The number of halogens is 1. The first-order valence-corrected chi connectivity index (χ1v) is 11.6. The number of hydrogen-bond acceptors (Lipinski definition) is 4. The molecule has 4 aromatic carbocycles. The zero-order valence-corrected chi connectivity index (χ0v) is 19.6. The molecule has 0 saturated carbocycles. The summed E-state index contributed by atoms with van der Waals surface area (Å²) in [5.41, 5.74) is 5.66. The highest BCUT2D eigenvalue weighted by Crippen LogP contribution is 2.23. The van der Waals surface area contributed by atoms with Crippen LogP contribution in [-0.2, 0) is 4.79 Å². The fourth-order valence-corrected chi connectivity index (χ4v) is 3.92. The van der Waals surface area contributed by atoms with Crippen LogP contribution in [-0.4, -0.2) is 34.4 Å². The molecule has 2 amide bonds. The van der Waals surface area contributed by atoms with Gasteiger partial charge in [-0.2, -0.15) is 10.2 Å². The molecule has 1 heterocycles. The van der Waals surface area contributed by atoms with Gasteiger partial charge in [-0.05, 0) is 53.2 Å². The lowest BCUT2D eigenvalue weighted by atomic mass is 10.0. The molecule has 0 aliphatic carbocycles. The van der Waals surface area contributed by atoms with Crippen molar-refractivity contribution in [2.45, 2.75) is 0 Å². The molecular weight excluding hydrogens is 469 g/mol. The molecule has 182 valence electrons. The van der Waals surface area contributed by atoms with Crippen LogP contribution in [0.25, 0.3) is 27.7 Å². The molecule has 0 radical (unpaired) electrons. The molecule has 5 rings (SSSR count). The summed E-state index contributed by atoms with van der Waals surface area (Å²) in [5.74, 6) is -1.18. The number of hydrogen-bond donors (Lipinski definition) is 2. The molecule has 0 saturated heterocycles. The lowest BCUT2D eigenvalue weighted by Crippen LogP contribution is -2.35. The van der Waals surface area contributed by atoms with Crippen LogP contribution >= 0.6 is 0 Å². The van der Waals surface area contributed by atoms with E-state index in [9.17, 15) is 14.0 Å². The topological polar surface area (TPSA) is 88.4 Å². The lowest BCUT2D eigenvalue weighted by molar-refractivity contribution is -0.120. The first-order valence-electron chi connectivity index (χ1n) is 11.6. The van der Waals surface area contributed by atoms with Crippen molar-refractivity contribution in [2.75, 3.05) is 6.54 Å². The minimum atomic E-state index is -0.483. The van der Waals surface area contributed by atoms with Gasteiger partial charge < -0.3 is 5.32 Å². The van der Waals surface area contributed by atoms with Crippen LogP contribution in [0.4, 0.5) is 4.39 Å². The normalized spacial score (nSPS) is 11.1. The summed E-state index contributed by atoms with van der Waals surface area (Å²) >= 11 is 0. The van der Waals surface area contributed by atoms with E-state index in [1.54, 1.807) is 35.1 Å². The van der Waals surface area contributed by atoms with Gasteiger partial charge in [0.15, 0.2) is 0 Å². The molecule has 7 nitrogen and oxygen atoms in total.